The van der Waals surface area contributed by atoms with Crippen molar-refractivity contribution in [1.82, 2.24) is 25.2 Å². The molecule has 0 amide bonds. The molecule has 0 bridgehead atoms. The van der Waals surface area contributed by atoms with Crippen molar-refractivity contribution in [2.45, 2.75) is 13.3 Å². The Morgan fingerprint density at radius 1 is 1.10 bits per heavy atom. The minimum atomic E-state index is 0.683. The van der Waals surface area contributed by atoms with Crippen LogP contribution in [0.25, 0.3) is 17.2 Å². The van der Waals surface area contributed by atoms with E-state index in [-0.39, 0.29) is 0 Å². The maximum atomic E-state index is 4.31. The highest BCUT2D eigenvalue weighted by Gasteiger charge is 2.11. The first-order valence-electron chi connectivity index (χ1n) is 6.27. The largest absolute Gasteiger partial charge is 0.236 e. The van der Waals surface area contributed by atoms with Gasteiger partial charge in [-0.1, -0.05) is 31.2 Å². The average molecular weight is 330 g/mol. The Bertz CT molecular complexity index is 703. The Labute approximate surface area is 124 Å². The molecule has 0 N–H and O–H groups in total. The number of nitrogens with zero attached hydrogens (tertiary/aromatic N) is 5. The van der Waals surface area contributed by atoms with Gasteiger partial charge in [0.25, 0.3) is 0 Å². The van der Waals surface area contributed by atoms with Gasteiger partial charge in [-0.15, -0.1) is 5.10 Å². The second kappa shape index (κ2) is 5.50. The van der Waals surface area contributed by atoms with Crippen molar-refractivity contribution >= 4 is 15.9 Å². The van der Waals surface area contributed by atoms with Crippen LogP contribution in [0.2, 0.25) is 0 Å². The molecule has 0 unspecified atom stereocenters. The molecular formula is C14H12BrN5. The summed E-state index contributed by atoms with van der Waals surface area (Å²) < 4.78 is 2.55. The minimum Gasteiger partial charge on any atom is -0.236 e. The molecule has 0 fully saturated rings. The molecule has 0 radical (unpaired) electrons. The lowest BCUT2D eigenvalue weighted by Gasteiger charge is -2.04. The van der Waals surface area contributed by atoms with Gasteiger partial charge in [0.05, 0.1) is 0 Å². The second-order valence-electron chi connectivity index (χ2n) is 4.30. The van der Waals surface area contributed by atoms with Gasteiger partial charge in [-0.05, 0) is 50.5 Å². The number of aromatic nitrogens is 5. The topological polar surface area (TPSA) is 56.5 Å². The van der Waals surface area contributed by atoms with Gasteiger partial charge < -0.3 is 0 Å². The first kappa shape index (κ1) is 12.9. The molecule has 0 aliphatic rings. The van der Waals surface area contributed by atoms with Gasteiger partial charge in [-0.3, -0.25) is 0 Å². The highest BCUT2D eigenvalue weighted by molar-refractivity contribution is 9.10. The standard InChI is InChI=1S/C14H12BrN5/c1-2-10-3-5-11(6-4-10)14-17-18-19-20(14)13-8-7-12(15)9-16-13/h3-9H,2H2,1H3. The zero-order valence-electron chi connectivity index (χ0n) is 10.9. The third-order valence-electron chi connectivity index (χ3n) is 3.02. The molecule has 100 valence electrons. The van der Waals surface area contributed by atoms with E-state index < -0.39 is 0 Å². The molecule has 6 heteroatoms. The van der Waals surface area contributed by atoms with Gasteiger partial charge in [0.1, 0.15) is 0 Å². The number of rotatable bonds is 3. The monoisotopic (exact) mass is 329 g/mol. The number of hydrogen-bond acceptors (Lipinski definition) is 4. The van der Waals surface area contributed by atoms with Gasteiger partial charge >= 0.3 is 0 Å². The number of pyridine rings is 1. The summed E-state index contributed by atoms with van der Waals surface area (Å²) in [5.74, 6) is 1.37. The Hall–Kier alpha value is -2.08. The maximum Gasteiger partial charge on any atom is 0.188 e. The van der Waals surface area contributed by atoms with Crippen LogP contribution in [0.5, 0.6) is 0 Å². The summed E-state index contributed by atoms with van der Waals surface area (Å²) in [4.78, 5) is 4.31. The zero-order chi connectivity index (χ0) is 13.9. The van der Waals surface area contributed by atoms with Crippen LogP contribution in [0, 0.1) is 0 Å². The van der Waals surface area contributed by atoms with Crippen molar-refractivity contribution in [3.63, 3.8) is 0 Å². The minimum absolute atomic E-state index is 0.683. The highest BCUT2D eigenvalue weighted by atomic mass is 79.9. The fourth-order valence-electron chi connectivity index (χ4n) is 1.90. The predicted octanol–water partition coefficient (Wildman–Crippen LogP) is 3.05. The van der Waals surface area contributed by atoms with E-state index >= 15 is 0 Å². The van der Waals surface area contributed by atoms with Crippen LogP contribution >= 0.6 is 15.9 Å². The molecule has 2 heterocycles. The normalized spacial score (nSPS) is 10.7. The molecule has 1 aromatic carbocycles. The fourth-order valence-corrected chi connectivity index (χ4v) is 2.14. The van der Waals surface area contributed by atoms with Crippen molar-refractivity contribution in [3.05, 3.63) is 52.6 Å². The van der Waals surface area contributed by atoms with Crippen LogP contribution < -0.4 is 0 Å². The van der Waals surface area contributed by atoms with Gasteiger partial charge in [0.15, 0.2) is 11.6 Å². The number of tetrazole rings is 1. The third-order valence-corrected chi connectivity index (χ3v) is 3.49. The predicted molar refractivity (Wildman–Crippen MR) is 79.5 cm³/mol. The zero-order valence-corrected chi connectivity index (χ0v) is 12.4. The second-order valence-corrected chi connectivity index (χ2v) is 5.22. The summed E-state index contributed by atoms with van der Waals surface area (Å²) in [7, 11) is 0. The van der Waals surface area contributed by atoms with E-state index in [2.05, 4.69) is 55.5 Å². The molecule has 0 saturated heterocycles. The molecule has 0 spiro atoms. The third kappa shape index (κ3) is 2.46. The smallest absolute Gasteiger partial charge is 0.188 e. The summed E-state index contributed by atoms with van der Waals surface area (Å²) in [5, 5.41) is 11.9. The molecule has 2 aromatic heterocycles. The van der Waals surface area contributed by atoms with Crippen LogP contribution in [0.1, 0.15) is 12.5 Å². The van der Waals surface area contributed by atoms with Crippen molar-refractivity contribution in [2.75, 3.05) is 0 Å². The Balaban J connectivity index is 2.02. The average Bonchev–Trinajstić information content (AvgIpc) is 2.97. The first-order chi connectivity index (χ1) is 9.78. The Kier molecular flexibility index (Phi) is 3.56. The van der Waals surface area contributed by atoms with E-state index in [1.165, 1.54) is 5.56 Å². The van der Waals surface area contributed by atoms with Crippen molar-refractivity contribution in [1.29, 1.82) is 0 Å². The van der Waals surface area contributed by atoms with E-state index in [0.717, 1.165) is 16.5 Å². The molecule has 0 aliphatic carbocycles. The van der Waals surface area contributed by atoms with Gasteiger partial charge in [0.2, 0.25) is 0 Å². The fraction of sp³-hybridized carbons (Fsp3) is 0.143. The molecule has 0 saturated carbocycles. The number of hydrogen-bond donors (Lipinski definition) is 0. The van der Waals surface area contributed by atoms with Crippen LogP contribution in [0.4, 0.5) is 0 Å². The lowest BCUT2D eigenvalue weighted by atomic mass is 10.1. The number of aryl methyl sites for hydroxylation is 1. The number of benzene rings is 1. The van der Waals surface area contributed by atoms with Crippen LogP contribution in [0.15, 0.2) is 47.1 Å². The molecule has 3 aromatic rings. The summed E-state index contributed by atoms with van der Waals surface area (Å²) >= 11 is 3.36. The van der Waals surface area contributed by atoms with E-state index in [4.69, 9.17) is 0 Å². The quantitative estimate of drug-likeness (QED) is 0.741. The van der Waals surface area contributed by atoms with E-state index in [0.29, 0.717) is 11.6 Å². The molecule has 0 atom stereocenters. The van der Waals surface area contributed by atoms with Gasteiger partial charge in [-0.2, -0.15) is 4.68 Å². The summed E-state index contributed by atoms with van der Waals surface area (Å²) in [6.07, 6.45) is 2.74. The van der Waals surface area contributed by atoms with E-state index in [9.17, 15) is 0 Å². The van der Waals surface area contributed by atoms with E-state index in [1.54, 1.807) is 10.9 Å². The first-order valence-corrected chi connectivity index (χ1v) is 7.07. The van der Waals surface area contributed by atoms with Crippen LogP contribution in [-0.4, -0.2) is 25.2 Å². The molecule has 0 aliphatic heterocycles. The number of halogens is 1. The maximum absolute atomic E-state index is 4.31. The highest BCUT2D eigenvalue weighted by Crippen LogP contribution is 2.19. The van der Waals surface area contributed by atoms with Gasteiger partial charge in [-0.25, -0.2) is 4.98 Å². The summed E-state index contributed by atoms with van der Waals surface area (Å²) in [5.41, 5.74) is 2.26. The Morgan fingerprint density at radius 3 is 2.55 bits per heavy atom. The van der Waals surface area contributed by atoms with Crippen LogP contribution in [-0.2, 0) is 6.42 Å². The van der Waals surface area contributed by atoms with Crippen molar-refractivity contribution < 1.29 is 0 Å². The van der Waals surface area contributed by atoms with Gasteiger partial charge in [0, 0.05) is 16.2 Å². The van der Waals surface area contributed by atoms with E-state index in [1.807, 2.05) is 24.3 Å². The summed E-state index contributed by atoms with van der Waals surface area (Å²) in [6.45, 7) is 2.13. The SMILES string of the molecule is CCc1ccc(-c2nnnn2-c2ccc(Br)cn2)cc1. The van der Waals surface area contributed by atoms with Crippen molar-refractivity contribution in [2.24, 2.45) is 0 Å². The Morgan fingerprint density at radius 2 is 1.90 bits per heavy atom. The molecule has 3 rings (SSSR count). The van der Waals surface area contributed by atoms with Crippen molar-refractivity contribution in [3.8, 4) is 17.2 Å². The molecular weight excluding hydrogens is 318 g/mol. The molecule has 5 nitrogen and oxygen atoms in total. The summed E-state index contributed by atoms with van der Waals surface area (Å²) in [6, 6.07) is 12.0. The lowest BCUT2D eigenvalue weighted by Crippen LogP contribution is -2.02. The lowest BCUT2D eigenvalue weighted by molar-refractivity contribution is 0.773. The molecule has 20 heavy (non-hydrogen) atoms. The van der Waals surface area contributed by atoms with Crippen LogP contribution in [0.3, 0.4) is 0 Å².